The zero-order valence-corrected chi connectivity index (χ0v) is 11.1. The van der Waals surface area contributed by atoms with Gasteiger partial charge in [0, 0.05) is 25.5 Å². The molecule has 1 amide bonds. The highest BCUT2D eigenvalue weighted by Gasteiger charge is 2.21. The summed E-state index contributed by atoms with van der Waals surface area (Å²) in [4.78, 5) is 19.2. The first-order valence-electron chi connectivity index (χ1n) is 6.44. The Labute approximate surface area is 108 Å². The average Bonchev–Trinajstić information content (AvgIpc) is 2.78. The molecule has 0 atom stereocenters. The van der Waals surface area contributed by atoms with Crippen molar-refractivity contribution >= 4 is 11.6 Å². The number of rotatable bonds is 3. The summed E-state index contributed by atoms with van der Waals surface area (Å²) in [6.45, 7) is 3.08. The van der Waals surface area contributed by atoms with Gasteiger partial charge in [0.15, 0.2) is 0 Å². The molecule has 3 N–H and O–H groups in total. The van der Waals surface area contributed by atoms with Crippen LogP contribution in [0.5, 0.6) is 0 Å². The predicted molar refractivity (Wildman–Crippen MR) is 72.4 cm³/mol. The summed E-state index contributed by atoms with van der Waals surface area (Å²) in [5.41, 5.74) is 6.78. The van der Waals surface area contributed by atoms with Crippen LogP contribution in [0.1, 0.15) is 23.3 Å². The van der Waals surface area contributed by atoms with Crippen molar-refractivity contribution in [2.24, 2.45) is 5.92 Å². The van der Waals surface area contributed by atoms with Gasteiger partial charge < -0.3 is 20.5 Å². The summed E-state index contributed by atoms with van der Waals surface area (Å²) in [5.74, 6) is 0.632. The first-order chi connectivity index (χ1) is 8.56. The van der Waals surface area contributed by atoms with E-state index < -0.39 is 0 Å². The number of anilines is 1. The number of nitrogens with two attached hydrogens (primary N) is 1. The third kappa shape index (κ3) is 3.04. The standard InChI is InChI=1S/C13H22N4O/c1-16-5-3-10(4-6-16)9-17(2)13(18)12-7-11(14)8-15-12/h7-8,10,15H,3-6,9,14H2,1-2H3. The van der Waals surface area contributed by atoms with Crippen LogP contribution in [0.25, 0.3) is 0 Å². The lowest BCUT2D eigenvalue weighted by Crippen LogP contribution is -2.38. The van der Waals surface area contributed by atoms with E-state index >= 15 is 0 Å². The second-order valence-corrected chi connectivity index (χ2v) is 5.28. The van der Waals surface area contributed by atoms with Crippen LogP contribution in [0, 0.1) is 5.92 Å². The minimum absolute atomic E-state index is 0.0191. The normalized spacial score (nSPS) is 17.9. The Morgan fingerprint density at radius 1 is 1.56 bits per heavy atom. The van der Waals surface area contributed by atoms with Crippen molar-refractivity contribution in [3.05, 3.63) is 18.0 Å². The van der Waals surface area contributed by atoms with Gasteiger partial charge in [0.1, 0.15) is 5.69 Å². The average molecular weight is 250 g/mol. The highest BCUT2D eigenvalue weighted by Crippen LogP contribution is 2.17. The van der Waals surface area contributed by atoms with Gasteiger partial charge in [-0.15, -0.1) is 0 Å². The highest BCUT2D eigenvalue weighted by atomic mass is 16.2. The summed E-state index contributed by atoms with van der Waals surface area (Å²) in [6, 6.07) is 1.69. The quantitative estimate of drug-likeness (QED) is 0.841. The molecule has 2 rings (SSSR count). The molecule has 2 heterocycles. The highest BCUT2D eigenvalue weighted by molar-refractivity contribution is 5.93. The van der Waals surface area contributed by atoms with Gasteiger partial charge in [-0.1, -0.05) is 0 Å². The largest absolute Gasteiger partial charge is 0.397 e. The molecule has 100 valence electrons. The van der Waals surface area contributed by atoms with Crippen LogP contribution < -0.4 is 5.73 Å². The minimum atomic E-state index is 0.0191. The molecular formula is C13H22N4O. The van der Waals surface area contributed by atoms with E-state index in [2.05, 4.69) is 16.9 Å². The van der Waals surface area contributed by atoms with Crippen molar-refractivity contribution in [3.63, 3.8) is 0 Å². The van der Waals surface area contributed by atoms with E-state index in [4.69, 9.17) is 5.73 Å². The smallest absolute Gasteiger partial charge is 0.270 e. The van der Waals surface area contributed by atoms with E-state index in [0.717, 1.165) is 19.6 Å². The number of nitrogens with zero attached hydrogens (tertiary/aromatic N) is 2. The van der Waals surface area contributed by atoms with E-state index in [1.54, 1.807) is 17.2 Å². The van der Waals surface area contributed by atoms with E-state index in [9.17, 15) is 4.79 Å². The number of aromatic amines is 1. The molecule has 18 heavy (non-hydrogen) atoms. The second-order valence-electron chi connectivity index (χ2n) is 5.28. The first kappa shape index (κ1) is 13.0. The fourth-order valence-electron chi connectivity index (χ4n) is 2.46. The number of hydrogen-bond donors (Lipinski definition) is 2. The number of likely N-dealkylation sites (tertiary alicyclic amines) is 1. The zero-order chi connectivity index (χ0) is 13.1. The number of amides is 1. The van der Waals surface area contributed by atoms with E-state index in [1.807, 2.05) is 7.05 Å². The molecule has 5 heteroatoms. The molecule has 0 aliphatic carbocycles. The van der Waals surface area contributed by atoms with Crippen LogP contribution >= 0.6 is 0 Å². The van der Waals surface area contributed by atoms with Gasteiger partial charge in [-0.25, -0.2) is 0 Å². The zero-order valence-electron chi connectivity index (χ0n) is 11.1. The van der Waals surface area contributed by atoms with Crippen LogP contribution in [0.3, 0.4) is 0 Å². The Bertz CT molecular complexity index is 407. The van der Waals surface area contributed by atoms with Gasteiger partial charge in [-0.2, -0.15) is 0 Å². The number of carbonyl (C=O) groups is 1. The van der Waals surface area contributed by atoms with Gasteiger partial charge in [-0.3, -0.25) is 4.79 Å². The van der Waals surface area contributed by atoms with Crippen LogP contribution in [0.15, 0.2) is 12.3 Å². The maximum Gasteiger partial charge on any atom is 0.270 e. The summed E-state index contributed by atoms with van der Waals surface area (Å²) in [7, 11) is 4.00. The van der Waals surface area contributed by atoms with Gasteiger partial charge in [0.2, 0.25) is 0 Å². The second kappa shape index (κ2) is 5.44. The van der Waals surface area contributed by atoms with Crippen LogP contribution in [0.4, 0.5) is 5.69 Å². The first-order valence-corrected chi connectivity index (χ1v) is 6.44. The van der Waals surface area contributed by atoms with Crippen molar-refractivity contribution in [2.45, 2.75) is 12.8 Å². The number of nitrogen functional groups attached to an aromatic ring is 1. The molecule has 0 aromatic carbocycles. The van der Waals surface area contributed by atoms with E-state index in [0.29, 0.717) is 17.3 Å². The summed E-state index contributed by atoms with van der Waals surface area (Å²) in [6.07, 6.45) is 3.98. The van der Waals surface area contributed by atoms with Crippen molar-refractivity contribution in [1.82, 2.24) is 14.8 Å². The van der Waals surface area contributed by atoms with Gasteiger partial charge >= 0.3 is 0 Å². The molecule has 1 aliphatic heterocycles. The van der Waals surface area contributed by atoms with Gasteiger partial charge in [0.25, 0.3) is 5.91 Å². The van der Waals surface area contributed by atoms with Crippen molar-refractivity contribution < 1.29 is 4.79 Å². The maximum absolute atomic E-state index is 12.1. The Hall–Kier alpha value is -1.49. The van der Waals surface area contributed by atoms with E-state index in [-0.39, 0.29) is 5.91 Å². The Morgan fingerprint density at radius 2 is 2.22 bits per heavy atom. The fraction of sp³-hybridized carbons (Fsp3) is 0.615. The molecular weight excluding hydrogens is 228 g/mol. The van der Waals surface area contributed by atoms with Crippen molar-refractivity contribution in [1.29, 1.82) is 0 Å². The number of H-pyrrole nitrogens is 1. The monoisotopic (exact) mass is 250 g/mol. The van der Waals surface area contributed by atoms with Crippen molar-refractivity contribution in [2.75, 3.05) is 39.5 Å². The van der Waals surface area contributed by atoms with E-state index in [1.165, 1.54) is 12.8 Å². The molecule has 0 radical (unpaired) electrons. The topological polar surface area (TPSA) is 65.4 Å². The molecule has 0 unspecified atom stereocenters. The lowest BCUT2D eigenvalue weighted by Gasteiger charge is -2.31. The Morgan fingerprint density at radius 3 is 2.78 bits per heavy atom. The Kier molecular flexibility index (Phi) is 3.91. The molecule has 1 aromatic heterocycles. The lowest BCUT2D eigenvalue weighted by atomic mass is 9.96. The third-order valence-electron chi connectivity index (χ3n) is 3.65. The lowest BCUT2D eigenvalue weighted by molar-refractivity contribution is 0.0742. The predicted octanol–water partition coefficient (Wildman–Crippen LogP) is 1.01. The molecule has 1 fully saturated rings. The molecule has 1 aromatic rings. The molecule has 0 bridgehead atoms. The van der Waals surface area contributed by atoms with Crippen LogP contribution in [0.2, 0.25) is 0 Å². The molecule has 0 spiro atoms. The fourth-order valence-corrected chi connectivity index (χ4v) is 2.46. The third-order valence-corrected chi connectivity index (χ3v) is 3.65. The summed E-state index contributed by atoms with van der Waals surface area (Å²) >= 11 is 0. The SMILES string of the molecule is CN1CCC(CN(C)C(=O)c2cc(N)c[nH]2)CC1. The van der Waals surface area contributed by atoms with Crippen LogP contribution in [-0.2, 0) is 0 Å². The number of nitrogens with one attached hydrogen (secondary N) is 1. The molecule has 5 nitrogen and oxygen atoms in total. The summed E-state index contributed by atoms with van der Waals surface area (Å²) < 4.78 is 0. The number of piperidine rings is 1. The number of carbonyl (C=O) groups excluding carboxylic acids is 1. The minimum Gasteiger partial charge on any atom is -0.397 e. The molecule has 0 saturated carbocycles. The Balaban J connectivity index is 1.88. The number of aromatic nitrogens is 1. The number of hydrogen-bond acceptors (Lipinski definition) is 3. The van der Waals surface area contributed by atoms with Crippen LogP contribution in [-0.4, -0.2) is 54.4 Å². The molecule has 1 aliphatic rings. The van der Waals surface area contributed by atoms with Gasteiger partial charge in [-0.05, 0) is 45.0 Å². The van der Waals surface area contributed by atoms with Gasteiger partial charge in [0.05, 0.1) is 0 Å². The van der Waals surface area contributed by atoms with Crippen molar-refractivity contribution in [3.8, 4) is 0 Å². The maximum atomic E-state index is 12.1. The molecule has 1 saturated heterocycles. The summed E-state index contributed by atoms with van der Waals surface area (Å²) in [5, 5.41) is 0.